The molecule has 0 aromatic carbocycles. The molecule has 0 aliphatic carbocycles. The molecule has 0 saturated heterocycles. The molecule has 0 spiro atoms. The highest BCUT2D eigenvalue weighted by Gasteiger charge is 2.00. The molecule has 0 radical (unpaired) electrons. The number of thiazole rings is 1. The maximum Gasteiger partial charge on any atom is 0.107 e. The quantitative estimate of drug-likeness (QED) is 0.746. The van der Waals surface area contributed by atoms with Crippen molar-refractivity contribution in [3.63, 3.8) is 0 Å². The summed E-state index contributed by atoms with van der Waals surface area (Å²) in [5.41, 5.74) is 1.13. The molecule has 0 atom stereocenters. The van der Waals surface area contributed by atoms with Crippen LogP contribution in [0.25, 0.3) is 0 Å². The Hall–Kier alpha value is 0.0700. The molecule has 1 rings (SSSR count). The van der Waals surface area contributed by atoms with Crippen molar-refractivity contribution in [1.29, 1.82) is 0 Å². The second-order valence-corrected chi connectivity index (χ2v) is 4.11. The molecule has 1 heterocycles. The van der Waals surface area contributed by atoms with Gasteiger partial charge in [-0.15, -0.1) is 11.3 Å². The minimum atomic E-state index is 0.858. The Balaban J connectivity index is 2.58. The van der Waals surface area contributed by atoms with E-state index in [0.29, 0.717) is 0 Å². The Kier molecular flexibility index (Phi) is 3.48. The number of aromatic nitrogens is 1. The maximum atomic E-state index is 4.40. The van der Waals surface area contributed by atoms with E-state index in [1.807, 2.05) is 0 Å². The summed E-state index contributed by atoms with van der Waals surface area (Å²) in [7, 11) is 4.10. The van der Waals surface area contributed by atoms with Crippen LogP contribution >= 0.6 is 27.3 Å². The number of rotatable bonds is 3. The van der Waals surface area contributed by atoms with E-state index in [2.05, 4.69) is 45.3 Å². The Morgan fingerprint density at radius 2 is 2.36 bits per heavy atom. The molecule has 0 bridgehead atoms. The minimum Gasteiger partial charge on any atom is -0.303 e. The van der Waals surface area contributed by atoms with Crippen LogP contribution in [0.1, 0.15) is 10.7 Å². The topological polar surface area (TPSA) is 16.1 Å². The van der Waals surface area contributed by atoms with Crippen molar-refractivity contribution < 1.29 is 0 Å². The number of hydrogen-bond acceptors (Lipinski definition) is 3. The molecule has 1 aromatic rings. The van der Waals surface area contributed by atoms with Gasteiger partial charge in [0.25, 0.3) is 0 Å². The van der Waals surface area contributed by atoms with Crippen LogP contribution in [0.3, 0.4) is 0 Å². The van der Waals surface area contributed by atoms with Gasteiger partial charge in [-0.05, 0) is 14.1 Å². The minimum absolute atomic E-state index is 0.858. The summed E-state index contributed by atoms with van der Waals surface area (Å²) in [5, 5.41) is 4.13. The third-order valence-electron chi connectivity index (χ3n) is 1.19. The lowest BCUT2D eigenvalue weighted by atomic mass is 10.5. The van der Waals surface area contributed by atoms with E-state index < -0.39 is 0 Å². The van der Waals surface area contributed by atoms with Crippen LogP contribution in [0.2, 0.25) is 0 Å². The second kappa shape index (κ2) is 4.18. The van der Waals surface area contributed by atoms with Crippen molar-refractivity contribution in [3.05, 3.63) is 16.1 Å². The Bertz CT molecular complexity index is 222. The lowest BCUT2D eigenvalue weighted by molar-refractivity contribution is 0.401. The van der Waals surface area contributed by atoms with Gasteiger partial charge in [0.05, 0.1) is 5.69 Å². The second-order valence-electron chi connectivity index (χ2n) is 2.60. The monoisotopic (exact) mass is 234 g/mol. The van der Waals surface area contributed by atoms with Gasteiger partial charge in [0.2, 0.25) is 0 Å². The third kappa shape index (κ3) is 2.89. The van der Waals surface area contributed by atoms with Crippen molar-refractivity contribution in [2.45, 2.75) is 11.9 Å². The number of halogens is 1. The van der Waals surface area contributed by atoms with Crippen LogP contribution < -0.4 is 0 Å². The number of alkyl halides is 1. The standard InChI is InChI=1S/C7H11BrN2S/c1-10(2)4-7-9-6(3-8)5-11-7/h5H,3-4H2,1-2H3. The van der Waals surface area contributed by atoms with E-state index in [1.165, 1.54) is 5.01 Å². The Labute approximate surface area is 79.4 Å². The summed E-state index contributed by atoms with van der Waals surface area (Å²) in [4.78, 5) is 6.52. The predicted octanol–water partition coefficient (Wildman–Crippen LogP) is 2.10. The molecule has 11 heavy (non-hydrogen) atoms. The van der Waals surface area contributed by atoms with Crippen molar-refractivity contribution in [2.75, 3.05) is 14.1 Å². The smallest absolute Gasteiger partial charge is 0.107 e. The average Bonchev–Trinajstić information content (AvgIpc) is 2.34. The molecule has 62 valence electrons. The summed E-state index contributed by atoms with van der Waals surface area (Å²) in [6.07, 6.45) is 0. The van der Waals surface area contributed by atoms with Gasteiger partial charge in [-0.1, -0.05) is 15.9 Å². The highest BCUT2D eigenvalue weighted by Crippen LogP contribution is 2.12. The normalized spacial score (nSPS) is 10.9. The van der Waals surface area contributed by atoms with Crippen molar-refractivity contribution in [3.8, 4) is 0 Å². The van der Waals surface area contributed by atoms with Crippen LogP contribution in [0, 0.1) is 0 Å². The van der Waals surface area contributed by atoms with E-state index in [0.717, 1.165) is 17.6 Å². The molecule has 1 aromatic heterocycles. The zero-order valence-corrected chi connectivity index (χ0v) is 9.07. The third-order valence-corrected chi connectivity index (χ3v) is 2.64. The lowest BCUT2D eigenvalue weighted by Gasteiger charge is -2.04. The van der Waals surface area contributed by atoms with E-state index in [-0.39, 0.29) is 0 Å². The fourth-order valence-corrected chi connectivity index (χ4v) is 2.17. The van der Waals surface area contributed by atoms with Crippen molar-refractivity contribution in [1.82, 2.24) is 9.88 Å². The van der Waals surface area contributed by atoms with E-state index in [4.69, 9.17) is 0 Å². The predicted molar refractivity (Wildman–Crippen MR) is 52.1 cm³/mol. The zero-order chi connectivity index (χ0) is 8.27. The first-order chi connectivity index (χ1) is 5.22. The van der Waals surface area contributed by atoms with Crippen LogP contribution in [-0.2, 0) is 11.9 Å². The Morgan fingerprint density at radius 1 is 1.64 bits per heavy atom. The molecule has 2 nitrogen and oxygen atoms in total. The molecule has 0 unspecified atom stereocenters. The summed E-state index contributed by atoms with van der Waals surface area (Å²) >= 11 is 5.09. The molecule has 0 N–H and O–H groups in total. The molecule has 4 heteroatoms. The molecular weight excluding hydrogens is 224 g/mol. The van der Waals surface area contributed by atoms with Gasteiger partial charge in [0.1, 0.15) is 5.01 Å². The van der Waals surface area contributed by atoms with Crippen LogP contribution in [0.4, 0.5) is 0 Å². The van der Waals surface area contributed by atoms with Crippen LogP contribution in [0.15, 0.2) is 5.38 Å². The summed E-state index contributed by atoms with van der Waals surface area (Å²) in [5.74, 6) is 0. The highest BCUT2D eigenvalue weighted by molar-refractivity contribution is 9.08. The first-order valence-electron chi connectivity index (χ1n) is 3.36. The van der Waals surface area contributed by atoms with Gasteiger partial charge in [0, 0.05) is 17.3 Å². The van der Waals surface area contributed by atoms with Gasteiger partial charge >= 0.3 is 0 Å². The Morgan fingerprint density at radius 3 is 2.82 bits per heavy atom. The number of hydrogen-bond donors (Lipinski definition) is 0. The largest absolute Gasteiger partial charge is 0.303 e. The molecule has 0 saturated carbocycles. The van der Waals surface area contributed by atoms with Gasteiger partial charge in [-0.2, -0.15) is 0 Å². The highest BCUT2D eigenvalue weighted by atomic mass is 79.9. The van der Waals surface area contributed by atoms with Gasteiger partial charge < -0.3 is 4.90 Å². The van der Waals surface area contributed by atoms with Gasteiger partial charge in [-0.25, -0.2) is 4.98 Å². The molecule has 0 aliphatic heterocycles. The van der Waals surface area contributed by atoms with Crippen LogP contribution in [0.5, 0.6) is 0 Å². The van der Waals surface area contributed by atoms with E-state index >= 15 is 0 Å². The summed E-state index contributed by atoms with van der Waals surface area (Å²) in [6, 6.07) is 0. The van der Waals surface area contributed by atoms with Gasteiger partial charge in [0.15, 0.2) is 0 Å². The van der Waals surface area contributed by atoms with Crippen LogP contribution in [-0.4, -0.2) is 24.0 Å². The van der Waals surface area contributed by atoms with Crippen molar-refractivity contribution in [2.24, 2.45) is 0 Å². The molecule has 0 amide bonds. The molecule has 0 aliphatic rings. The fourth-order valence-electron chi connectivity index (χ4n) is 0.753. The van der Waals surface area contributed by atoms with E-state index in [1.54, 1.807) is 11.3 Å². The fraction of sp³-hybridized carbons (Fsp3) is 0.571. The lowest BCUT2D eigenvalue weighted by Crippen LogP contribution is -2.10. The first kappa shape index (κ1) is 9.16. The number of nitrogens with zero attached hydrogens (tertiary/aromatic N) is 2. The van der Waals surface area contributed by atoms with Crippen molar-refractivity contribution >= 4 is 27.3 Å². The van der Waals surface area contributed by atoms with E-state index in [9.17, 15) is 0 Å². The van der Waals surface area contributed by atoms with Gasteiger partial charge in [-0.3, -0.25) is 0 Å². The SMILES string of the molecule is CN(C)Cc1nc(CBr)cs1. The average molecular weight is 235 g/mol. The molecular formula is C7H11BrN2S. The molecule has 0 fully saturated rings. The zero-order valence-electron chi connectivity index (χ0n) is 6.67. The summed E-state index contributed by atoms with van der Waals surface area (Å²) in [6.45, 7) is 0.942. The first-order valence-corrected chi connectivity index (χ1v) is 5.36. The maximum absolute atomic E-state index is 4.40. The summed E-state index contributed by atoms with van der Waals surface area (Å²) < 4.78 is 0.